The van der Waals surface area contributed by atoms with Crippen LogP contribution in [0.25, 0.3) is 0 Å². The Kier molecular flexibility index (Phi) is 7.59. The fraction of sp³-hybridized carbons (Fsp3) is 0.600. The first-order chi connectivity index (χ1) is 2.43. The Morgan fingerprint density at radius 1 is 1.43 bits per heavy atom. The molecular formula is C5H6BrMg+. The van der Waals surface area contributed by atoms with Gasteiger partial charge in [-0.25, -0.2) is 0 Å². The summed E-state index contributed by atoms with van der Waals surface area (Å²) in [6, 6.07) is 0. The van der Waals surface area contributed by atoms with Crippen LogP contribution < -0.4 is 17.0 Å². The van der Waals surface area contributed by atoms with Crippen LogP contribution in [0.3, 0.4) is 0 Å². The Morgan fingerprint density at radius 2 is 1.86 bits per heavy atom. The number of halogens is 1. The van der Waals surface area contributed by atoms with E-state index in [1.54, 1.807) is 0 Å². The maximum atomic E-state index is 4.98. The van der Waals surface area contributed by atoms with Crippen LogP contribution in [0.1, 0.15) is 12.8 Å². The molecule has 7 heavy (non-hydrogen) atoms. The van der Waals surface area contributed by atoms with Crippen LogP contribution in [0.4, 0.5) is 0 Å². The summed E-state index contributed by atoms with van der Waals surface area (Å²) in [5.41, 5.74) is 0. The second-order valence-corrected chi connectivity index (χ2v) is 1.44. The Morgan fingerprint density at radius 3 is 1.86 bits per heavy atom. The molecule has 0 unspecified atom stereocenters. The number of hydrogen-bond donors (Lipinski definition) is 0. The van der Waals surface area contributed by atoms with Crippen LogP contribution in [0.15, 0.2) is 0 Å². The van der Waals surface area contributed by atoms with Crippen molar-refractivity contribution in [2.45, 2.75) is 12.8 Å². The van der Waals surface area contributed by atoms with E-state index in [9.17, 15) is 0 Å². The molecule has 0 atom stereocenters. The Labute approximate surface area is 71.0 Å². The van der Waals surface area contributed by atoms with Crippen molar-refractivity contribution in [3.8, 4) is 12.3 Å². The molecule has 0 saturated heterocycles. The molecule has 1 saturated carbocycles. The topological polar surface area (TPSA) is 0 Å². The molecule has 2 heteroatoms. The van der Waals surface area contributed by atoms with Gasteiger partial charge in [0, 0.05) is 5.92 Å². The fourth-order valence-corrected chi connectivity index (χ4v) is 0.250. The van der Waals surface area contributed by atoms with E-state index in [1.807, 2.05) is 0 Å². The summed E-state index contributed by atoms with van der Waals surface area (Å²) in [6.45, 7) is 0. The molecule has 0 aliphatic heterocycles. The predicted molar refractivity (Wildman–Crippen MR) is 27.3 cm³/mol. The molecule has 0 amide bonds. The van der Waals surface area contributed by atoms with Crippen molar-refractivity contribution in [1.82, 2.24) is 0 Å². The van der Waals surface area contributed by atoms with Crippen LogP contribution in [-0.4, -0.2) is 23.1 Å². The smallest absolute Gasteiger partial charge is 1.00 e. The fourth-order valence-electron chi connectivity index (χ4n) is 0.250. The van der Waals surface area contributed by atoms with Crippen molar-refractivity contribution < 1.29 is 17.0 Å². The molecule has 0 aromatic rings. The zero-order chi connectivity index (χ0) is 3.70. The molecule has 0 nitrogen and oxygen atoms in total. The number of rotatable bonds is 0. The molecule has 0 bridgehead atoms. The molecule has 1 aliphatic carbocycles. The van der Waals surface area contributed by atoms with Gasteiger partial charge >= 0.3 is 23.1 Å². The first-order valence-electron chi connectivity index (χ1n) is 1.89. The van der Waals surface area contributed by atoms with E-state index in [4.69, 9.17) is 6.42 Å². The van der Waals surface area contributed by atoms with Gasteiger partial charge in [-0.2, -0.15) is 0 Å². The molecule has 1 rings (SSSR count). The molecule has 0 aromatic heterocycles. The van der Waals surface area contributed by atoms with Gasteiger partial charge in [-0.05, 0) is 12.8 Å². The van der Waals surface area contributed by atoms with Crippen molar-refractivity contribution in [2.24, 2.45) is 5.92 Å². The Balaban J connectivity index is 0. The Hall–Kier alpha value is 0.806. The van der Waals surface area contributed by atoms with E-state index < -0.39 is 0 Å². The van der Waals surface area contributed by atoms with Gasteiger partial charge in [0.05, 0.1) is 0 Å². The van der Waals surface area contributed by atoms with Crippen molar-refractivity contribution in [3.05, 3.63) is 0 Å². The van der Waals surface area contributed by atoms with Crippen LogP contribution in [-0.2, 0) is 0 Å². The zero-order valence-electron chi connectivity index (χ0n) is 4.15. The average Bonchev–Trinajstić information content (AvgIpc) is 2.12. The monoisotopic (exact) mass is 169 g/mol. The molecule has 0 N–H and O–H groups in total. The second-order valence-electron chi connectivity index (χ2n) is 1.44. The first kappa shape index (κ1) is 10.7. The van der Waals surface area contributed by atoms with Crippen LogP contribution in [0.2, 0.25) is 0 Å². The minimum Gasteiger partial charge on any atom is -1.00 e. The maximum Gasteiger partial charge on any atom is 2.00 e. The number of hydrogen-bond acceptors (Lipinski definition) is 0. The molecule has 0 radical (unpaired) electrons. The van der Waals surface area contributed by atoms with E-state index >= 15 is 0 Å². The van der Waals surface area contributed by atoms with Gasteiger partial charge in [-0.15, -0.1) is 12.3 Å². The average molecular weight is 170 g/mol. The molecule has 0 aromatic carbocycles. The first-order valence-corrected chi connectivity index (χ1v) is 1.89. The molecule has 1 aliphatic rings. The van der Waals surface area contributed by atoms with Gasteiger partial charge in [0.15, 0.2) is 0 Å². The van der Waals surface area contributed by atoms with Gasteiger partial charge in [0.2, 0.25) is 0 Å². The predicted octanol–water partition coefficient (Wildman–Crippen LogP) is -2.35. The summed E-state index contributed by atoms with van der Waals surface area (Å²) >= 11 is 0. The summed E-state index contributed by atoms with van der Waals surface area (Å²) in [5, 5.41) is 0. The Bertz CT molecular complexity index is 70.6. The van der Waals surface area contributed by atoms with Crippen molar-refractivity contribution in [1.29, 1.82) is 0 Å². The molecule has 1 fully saturated rings. The normalized spacial score (nSPS) is 15.3. The van der Waals surface area contributed by atoms with Gasteiger partial charge < -0.3 is 17.0 Å². The molecule has 0 spiro atoms. The van der Waals surface area contributed by atoms with Crippen LogP contribution >= 0.6 is 0 Å². The van der Waals surface area contributed by atoms with Gasteiger partial charge in [-0.1, -0.05) is 0 Å². The molecule has 0 heterocycles. The zero-order valence-corrected chi connectivity index (χ0v) is 7.15. The largest absolute Gasteiger partial charge is 2.00 e. The van der Waals surface area contributed by atoms with Gasteiger partial charge in [0.1, 0.15) is 0 Å². The van der Waals surface area contributed by atoms with E-state index in [0.717, 1.165) is 0 Å². The summed E-state index contributed by atoms with van der Waals surface area (Å²) < 4.78 is 0. The quantitative estimate of drug-likeness (QED) is 0.282. The summed E-state index contributed by atoms with van der Waals surface area (Å²) in [7, 11) is 0. The SMILES string of the molecule is C#CC1CC1.[Br-].[Mg+2]. The standard InChI is InChI=1S/C5H6.BrH.Mg/c1-2-5-3-4-5;;/h1,5H,3-4H2;1H;/q;;+2/p-1. The second kappa shape index (κ2) is 4.95. The van der Waals surface area contributed by atoms with Gasteiger partial charge in [-0.3, -0.25) is 0 Å². The van der Waals surface area contributed by atoms with Gasteiger partial charge in [0.25, 0.3) is 0 Å². The summed E-state index contributed by atoms with van der Waals surface area (Å²) in [4.78, 5) is 0. The summed E-state index contributed by atoms with van der Waals surface area (Å²) in [6.07, 6.45) is 7.53. The number of terminal acetylenes is 1. The van der Waals surface area contributed by atoms with E-state index in [1.165, 1.54) is 12.8 Å². The van der Waals surface area contributed by atoms with Crippen molar-refractivity contribution in [3.63, 3.8) is 0 Å². The molecule has 34 valence electrons. The third-order valence-corrected chi connectivity index (χ3v) is 0.813. The van der Waals surface area contributed by atoms with Crippen LogP contribution in [0.5, 0.6) is 0 Å². The maximum absolute atomic E-state index is 4.98. The van der Waals surface area contributed by atoms with Crippen LogP contribution in [0, 0.1) is 18.3 Å². The minimum absolute atomic E-state index is 0. The molecular weight excluding hydrogens is 164 g/mol. The third-order valence-electron chi connectivity index (χ3n) is 0.813. The third kappa shape index (κ3) is 4.66. The minimum atomic E-state index is 0. The van der Waals surface area contributed by atoms with Crippen molar-refractivity contribution in [2.75, 3.05) is 0 Å². The van der Waals surface area contributed by atoms with E-state index in [0.29, 0.717) is 5.92 Å². The van der Waals surface area contributed by atoms with E-state index in [2.05, 4.69) is 5.92 Å². The summed E-state index contributed by atoms with van der Waals surface area (Å²) in [5.74, 6) is 3.30. The van der Waals surface area contributed by atoms with E-state index in [-0.39, 0.29) is 40.0 Å². The van der Waals surface area contributed by atoms with Crippen molar-refractivity contribution >= 4 is 23.1 Å².